The number of carboxylic acids is 1. The average molecular weight is 221 g/mol. The Morgan fingerprint density at radius 1 is 1.31 bits per heavy atom. The summed E-state index contributed by atoms with van der Waals surface area (Å²) in [7, 11) is 1.85. The van der Waals surface area contributed by atoms with Gasteiger partial charge in [0.05, 0.1) is 6.54 Å². The molecule has 1 N–H and O–H groups in total. The Bertz CT molecular complexity index is 335. The first-order valence-electron chi connectivity index (χ1n) is 5.49. The largest absolute Gasteiger partial charge is 0.480 e. The molecule has 1 rings (SSSR count). The highest BCUT2D eigenvalue weighted by molar-refractivity contribution is 5.69. The lowest BCUT2D eigenvalue weighted by Gasteiger charge is -2.30. The van der Waals surface area contributed by atoms with Crippen LogP contribution in [0.5, 0.6) is 0 Å². The first-order valence-corrected chi connectivity index (χ1v) is 5.49. The van der Waals surface area contributed by atoms with Gasteiger partial charge in [0.15, 0.2) is 0 Å². The van der Waals surface area contributed by atoms with E-state index in [-0.39, 0.29) is 12.6 Å². The molecule has 1 atom stereocenters. The van der Waals surface area contributed by atoms with E-state index in [9.17, 15) is 4.79 Å². The van der Waals surface area contributed by atoms with Crippen molar-refractivity contribution in [1.82, 2.24) is 4.90 Å². The normalized spacial score (nSPS) is 13.1. The predicted molar refractivity (Wildman–Crippen MR) is 64.3 cm³/mol. The summed E-state index contributed by atoms with van der Waals surface area (Å²) in [6.45, 7) is 4.28. The molecule has 88 valence electrons. The van der Waals surface area contributed by atoms with Gasteiger partial charge in [0.25, 0.3) is 0 Å². The molecule has 1 aromatic carbocycles. The zero-order valence-corrected chi connectivity index (χ0v) is 10.1. The van der Waals surface area contributed by atoms with Crippen LogP contribution < -0.4 is 0 Å². The molecular weight excluding hydrogens is 202 g/mol. The fourth-order valence-electron chi connectivity index (χ4n) is 2.11. The standard InChI is InChI=1S/C13H19NO2/c1-10(2)13(14(3)9-12(15)16)11-7-5-4-6-8-11/h4-8,10,13H,9H2,1-3H3,(H,15,16)/t13-/m0/s1. The van der Waals surface area contributed by atoms with Gasteiger partial charge in [0, 0.05) is 6.04 Å². The highest BCUT2D eigenvalue weighted by Gasteiger charge is 2.21. The van der Waals surface area contributed by atoms with Crippen LogP contribution in [0.15, 0.2) is 30.3 Å². The van der Waals surface area contributed by atoms with Crippen molar-refractivity contribution in [2.24, 2.45) is 5.92 Å². The van der Waals surface area contributed by atoms with E-state index in [4.69, 9.17) is 5.11 Å². The first-order chi connectivity index (χ1) is 7.52. The van der Waals surface area contributed by atoms with Gasteiger partial charge in [-0.2, -0.15) is 0 Å². The molecule has 0 amide bonds. The summed E-state index contributed by atoms with van der Waals surface area (Å²) in [5.74, 6) is -0.407. The third-order valence-electron chi connectivity index (χ3n) is 2.63. The minimum absolute atomic E-state index is 0.0672. The SMILES string of the molecule is CC(C)[C@@H](c1ccccc1)N(C)CC(=O)O. The quantitative estimate of drug-likeness (QED) is 0.830. The zero-order chi connectivity index (χ0) is 12.1. The number of benzene rings is 1. The van der Waals surface area contributed by atoms with Crippen molar-refractivity contribution in [1.29, 1.82) is 0 Å². The van der Waals surface area contributed by atoms with E-state index in [1.165, 1.54) is 5.56 Å². The molecule has 0 saturated heterocycles. The van der Waals surface area contributed by atoms with Crippen LogP contribution in [0.25, 0.3) is 0 Å². The van der Waals surface area contributed by atoms with E-state index in [1.807, 2.05) is 42.3 Å². The van der Waals surface area contributed by atoms with Gasteiger partial charge in [-0.15, -0.1) is 0 Å². The number of likely N-dealkylation sites (N-methyl/N-ethyl adjacent to an activating group) is 1. The Morgan fingerprint density at radius 3 is 2.31 bits per heavy atom. The molecule has 0 fully saturated rings. The van der Waals surface area contributed by atoms with Gasteiger partial charge in [-0.05, 0) is 18.5 Å². The fourth-order valence-corrected chi connectivity index (χ4v) is 2.11. The number of hydrogen-bond acceptors (Lipinski definition) is 2. The molecule has 0 aliphatic rings. The van der Waals surface area contributed by atoms with E-state index < -0.39 is 5.97 Å². The van der Waals surface area contributed by atoms with Gasteiger partial charge in [-0.1, -0.05) is 44.2 Å². The summed E-state index contributed by atoms with van der Waals surface area (Å²) in [5, 5.41) is 8.82. The molecule has 3 nitrogen and oxygen atoms in total. The third kappa shape index (κ3) is 3.35. The average Bonchev–Trinajstić information content (AvgIpc) is 2.17. The van der Waals surface area contributed by atoms with Crippen LogP contribution in [0.3, 0.4) is 0 Å². The molecule has 1 aromatic rings. The Morgan fingerprint density at radius 2 is 1.88 bits per heavy atom. The third-order valence-corrected chi connectivity index (χ3v) is 2.63. The van der Waals surface area contributed by atoms with Gasteiger partial charge in [0.2, 0.25) is 0 Å². The van der Waals surface area contributed by atoms with Gasteiger partial charge < -0.3 is 5.11 Å². The minimum Gasteiger partial charge on any atom is -0.480 e. The van der Waals surface area contributed by atoms with Crippen molar-refractivity contribution < 1.29 is 9.90 Å². The van der Waals surface area contributed by atoms with Gasteiger partial charge in [0.1, 0.15) is 0 Å². The van der Waals surface area contributed by atoms with Crippen LogP contribution in [-0.2, 0) is 4.79 Å². The number of aliphatic carboxylic acids is 1. The second-order valence-corrected chi connectivity index (χ2v) is 4.41. The van der Waals surface area contributed by atoms with Crippen molar-refractivity contribution in [2.75, 3.05) is 13.6 Å². The van der Waals surface area contributed by atoms with Crippen molar-refractivity contribution >= 4 is 5.97 Å². The van der Waals surface area contributed by atoms with Crippen LogP contribution in [0.4, 0.5) is 0 Å². The maximum Gasteiger partial charge on any atom is 0.317 e. The van der Waals surface area contributed by atoms with Gasteiger partial charge >= 0.3 is 5.97 Å². The molecule has 0 aromatic heterocycles. The van der Waals surface area contributed by atoms with E-state index in [1.54, 1.807) is 0 Å². The number of hydrogen-bond donors (Lipinski definition) is 1. The Balaban J connectivity index is 2.87. The van der Waals surface area contributed by atoms with E-state index in [0.29, 0.717) is 5.92 Å². The molecule has 0 aliphatic heterocycles. The predicted octanol–water partition coefficient (Wildman–Crippen LogP) is 2.40. The Kier molecular flexibility index (Phi) is 4.50. The maximum absolute atomic E-state index is 10.7. The minimum atomic E-state index is -0.788. The number of carboxylic acid groups (broad SMARTS) is 1. The molecule has 0 spiro atoms. The summed E-state index contributed by atoms with van der Waals surface area (Å²) in [6, 6.07) is 10.2. The summed E-state index contributed by atoms with van der Waals surface area (Å²) in [6.07, 6.45) is 0. The van der Waals surface area contributed by atoms with Crippen LogP contribution in [0.2, 0.25) is 0 Å². The van der Waals surface area contributed by atoms with Crippen LogP contribution in [0.1, 0.15) is 25.5 Å². The van der Waals surface area contributed by atoms with Crippen LogP contribution >= 0.6 is 0 Å². The van der Waals surface area contributed by atoms with Gasteiger partial charge in [-0.3, -0.25) is 9.69 Å². The van der Waals surface area contributed by atoms with E-state index in [0.717, 1.165) is 0 Å². The van der Waals surface area contributed by atoms with Gasteiger partial charge in [-0.25, -0.2) is 0 Å². The molecule has 16 heavy (non-hydrogen) atoms. The first kappa shape index (κ1) is 12.7. The van der Waals surface area contributed by atoms with E-state index in [2.05, 4.69) is 13.8 Å². The lowest BCUT2D eigenvalue weighted by atomic mass is 9.95. The number of carbonyl (C=O) groups is 1. The molecule has 3 heteroatoms. The lowest BCUT2D eigenvalue weighted by Crippen LogP contribution is -2.32. The van der Waals surface area contributed by atoms with E-state index >= 15 is 0 Å². The van der Waals surface area contributed by atoms with Crippen molar-refractivity contribution in [3.8, 4) is 0 Å². The molecule has 0 unspecified atom stereocenters. The van der Waals surface area contributed by atoms with Crippen LogP contribution in [-0.4, -0.2) is 29.6 Å². The fraction of sp³-hybridized carbons (Fsp3) is 0.462. The van der Waals surface area contributed by atoms with Crippen molar-refractivity contribution in [2.45, 2.75) is 19.9 Å². The van der Waals surface area contributed by atoms with Crippen LogP contribution in [0, 0.1) is 5.92 Å². The summed E-state index contributed by atoms with van der Waals surface area (Å²) in [4.78, 5) is 12.6. The lowest BCUT2D eigenvalue weighted by molar-refractivity contribution is -0.138. The summed E-state index contributed by atoms with van der Waals surface area (Å²) in [5.41, 5.74) is 1.17. The number of rotatable bonds is 5. The molecule has 0 aliphatic carbocycles. The Hall–Kier alpha value is -1.35. The van der Waals surface area contributed by atoms with Crippen molar-refractivity contribution in [3.05, 3.63) is 35.9 Å². The smallest absolute Gasteiger partial charge is 0.317 e. The van der Waals surface area contributed by atoms with Crippen molar-refractivity contribution in [3.63, 3.8) is 0 Å². The second kappa shape index (κ2) is 5.66. The number of nitrogens with zero attached hydrogens (tertiary/aromatic N) is 1. The maximum atomic E-state index is 10.7. The molecular formula is C13H19NO2. The Labute approximate surface area is 96.7 Å². The molecule has 0 radical (unpaired) electrons. The summed E-state index contributed by atoms with van der Waals surface area (Å²) >= 11 is 0. The monoisotopic (exact) mass is 221 g/mol. The topological polar surface area (TPSA) is 40.5 Å². The highest BCUT2D eigenvalue weighted by Crippen LogP contribution is 2.26. The summed E-state index contributed by atoms with van der Waals surface area (Å²) < 4.78 is 0. The zero-order valence-electron chi connectivity index (χ0n) is 10.1. The molecule has 0 saturated carbocycles. The molecule has 0 bridgehead atoms. The second-order valence-electron chi connectivity index (χ2n) is 4.41. The molecule has 0 heterocycles. The highest BCUT2D eigenvalue weighted by atomic mass is 16.4.